The highest BCUT2D eigenvalue weighted by Crippen LogP contribution is 2.33. The Hall–Kier alpha value is -2.98. The summed E-state index contributed by atoms with van der Waals surface area (Å²) in [5.74, 6) is 0.608. The number of nitrogens with one attached hydrogen (secondary N) is 1. The van der Waals surface area contributed by atoms with Crippen LogP contribution in [-0.4, -0.2) is 34.5 Å². The van der Waals surface area contributed by atoms with Crippen molar-refractivity contribution in [3.05, 3.63) is 87.8 Å². The van der Waals surface area contributed by atoms with Crippen molar-refractivity contribution in [3.8, 4) is 0 Å². The summed E-state index contributed by atoms with van der Waals surface area (Å²) in [7, 11) is 0. The van der Waals surface area contributed by atoms with E-state index in [4.69, 9.17) is 4.98 Å². The van der Waals surface area contributed by atoms with Gasteiger partial charge >= 0.3 is 0 Å². The quantitative estimate of drug-likeness (QED) is 0.538. The summed E-state index contributed by atoms with van der Waals surface area (Å²) >= 11 is 0. The van der Waals surface area contributed by atoms with Crippen molar-refractivity contribution in [1.29, 1.82) is 0 Å². The lowest BCUT2D eigenvalue weighted by atomic mass is 9.87. The van der Waals surface area contributed by atoms with Gasteiger partial charge in [-0.1, -0.05) is 30.3 Å². The molecule has 1 aliphatic heterocycles. The Bertz CT molecular complexity index is 1250. The number of pyridine rings is 2. The smallest absolute Gasteiger partial charge is 0.248 e. The van der Waals surface area contributed by atoms with Gasteiger partial charge in [0.1, 0.15) is 0 Å². The van der Waals surface area contributed by atoms with Crippen LogP contribution in [0.15, 0.2) is 65.5 Å². The van der Waals surface area contributed by atoms with Gasteiger partial charge in [0.25, 0.3) is 0 Å². The highest BCUT2D eigenvalue weighted by molar-refractivity contribution is 5.83. The first kappa shape index (κ1) is 19.0. The van der Waals surface area contributed by atoms with E-state index in [-0.39, 0.29) is 5.56 Å². The van der Waals surface area contributed by atoms with E-state index in [0.29, 0.717) is 5.92 Å². The van der Waals surface area contributed by atoms with Crippen molar-refractivity contribution >= 4 is 21.8 Å². The molecule has 4 nitrogen and oxygen atoms in total. The summed E-state index contributed by atoms with van der Waals surface area (Å²) in [6.45, 7) is 5.36. The fourth-order valence-electron chi connectivity index (χ4n) is 4.85. The minimum Gasteiger partial charge on any atom is -0.322 e. The summed E-state index contributed by atoms with van der Waals surface area (Å²) in [5, 5.41) is 2.47. The number of piperidine rings is 1. The van der Waals surface area contributed by atoms with E-state index in [1.165, 1.54) is 29.4 Å². The third kappa shape index (κ3) is 3.75. The molecule has 1 N–H and O–H groups in total. The normalized spacial score (nSPS) is 15.8. The number of aryl methyl sites for hydroxylation is 1. The number of fused-ring (bicyclic) bond motifs is 2. The molecule has 1 fully saturated rings. The molecule has 0 atom stereocenters. The second-order valence-electron chi connectivity index (χ2n) is 8.43. The van der Waals surface area contributed by atoms with Crippen molar-refractivity contribution in [1.82, 2.24) is 14.9 Å². The molecule has 1 saturated heterocycles. The minimum atomic E-state index is -0.0412. The van der Waals surface area contributed by atoms with Crippen LogP contribution < -0.4 is 5.56 Å². The lowest BCUT2D eigenvalue weighted by Gasteiger charge is -2.32. The summed E-state index contributed by atoms with van der Waals surface area (Å²) < 4.78 is 0. The van der Waals surface area contributed by atoms with Crippen LogP contribution in [0.5, 0.6) is 0 Å². The van der Waals surface area contributed by atoms with Gasteiger partial charge in [0.2, 0.25) is 5.56 Å². The molecule has 0 saturated carbocycles. The number of aromatic nitrogens is 2. The molecule has 2 aromatic carbocycles. The van der Waals surface area contributed by atoms with E-state index in [2.05, 4.69) is 53.2 Å². The first-order valence-corrected chi connectivity index (χ1v) is 10.9. The highest BCUT2D eigenvalue weighted by atomic mass is 16.1. The fourth-order valence-corrected chi connectivity index (χ4v) is 4.85. The monoisotopic (exact) mass is 397 g/mol. The Morgan fingerprint density at radius 2 is 1.77 bits per heavy atom. The minimum absolute atomic E-state index is 0.0412. The molecule has 30 heavy (non-hydrogen) atoms. The Morgan fingerprint density at radius 1 is 0.967 bits per heavy atom. The fraction of sp³-hybridized carbons (Fsp3) is 0.308. The Labute approximate surface area is 176 Å². The second kappa shape index (κ2) is 8.04. The summed E-state index contributed by atoms with van der Waals surface area (Å²) in [6, 6.07) is 20.7. The van der Waals surface area contributed by atoms with Crippen molar-refractivity contribution in [2.75, 3.05) is 19.6 Å². The van der Waals surface area contributed by atoms with Crippen LogP contribution >= 0.6 is 0 Å². The van der Waals surface area contributed by atoms with Crippen molar-refractivity contribution < 1.29 is 0 Å². The molecule has 0 bridgehead atoms. The number of likely N-dealkylation sites (tertiary alicyclic amines) is 1. The van der Waals surface area contributed by atoms with Gasteiger partial charge in [0.05, 0.1) is 5.52 Å². The molecule has 0 unspecified atom stereocenters. The summed E-state index contributed by atoms with van der Waals surface area (Å²) in [6.07, 6.45) is 3.39. The van der Waals surface area contributed by atoms with E-state index >= 15 is 0 Å². The van der Waals surface area contributed by atoms with Gasteiger partial charge in [-0.05, 0) is 80.6 Å². The molecule has 0 radical (unpaired) electrons. The first-order chi connectivity index (χ1) is 14.7. The van der Waals surface area contributed by atoms with Crippen molar-refractivity contribution in [3.63, 3.8) is 0 Å². The van der Waals surface area contributed by atoms with Gasteiger partial charge in [-0.2, -0.15) is 0 Å². The summed E-state index contributed by atoms with van der Waals surface area (Å²) in [4.78, 5) is 21.8. The maximum absolute atomic E-state index is 11.6. The number of hydrogen-bond donors (Lipinski definition) is 1. The van der Waals surface area contributed by atoms with Crippen LogP contribution in [0.2, 0.25) is 0 Å². The van der Waals surface area contributed by atoms with Gasteiger partial charge < -0.3 is 9.88 Å². The number of H-pyrrole nitrogens is 1. The highest BCUT2D eigenvalue weighted by Gasteiger charge is 2.22. The molecular weight excluding hydrogens is 370 g/mol. The number of aromatic amines is 1. The lowest BCUT2D eigenvalue weighted by Crippen LogP contribution is -2.34. The van der Waals surface area contributed by atoms with E-state index < -0.39 is 0 Å². The van der Waals surface area contributed by atoms with E-state index in [1.54, 1.807) is 6.07 Å². The van der Waals surface area contributed by atoms with E-state index in [9.17, 15) is 4.79 Å². The molecule has 0 spiro atoms. The van der Waals surface area contributed by atoms with Gasteiger partial charge in [-0.25, -0.2) is 0 Å². The maximum Gasteiger partial charge on any atom is 0.248 e. The zero-order valence-corrected chi connectivity index (χ0v) is 17.4. The first-order valence-electron chi connectivity index (χ1n) is 10.9. The van der Waals surface area contributed by atoms with Crippen LogP contribution in [0, 0.1) is 6.92 Å². The molecule has 0 amide bonds. The molecule has 4 heteroatoms. The average Bonchev–Trinajstić information content (AvgIpc) is 2.77. The third-order valence-electron chi connectivity index (χ3n) is 6.49. The van der Waals surface area contributed by atoms with Crippen LogP contribution in [0.3, 0.4) is 0 Å². The lowest BCUT2D eigenvalue weighted by molar-refractivity contribution is 0.215. The largest absolute Gasteiger partial charge is 0.322 e. The SMILES string of the molecule is Cc1ccc2c(C3CCN(CCc4cccc5[nH]c(=O)ccc45)CC3)cccc2n1. The van der Waals surface area contributed by atoms with E-state index in [1.807, 2.05) is 18.2 Å². The van der Waals surface area contributed by atoms with E-state index in [0.717, 1.165) is 48.2 Å². The van der Waals surface area contributed by atoms with Crippen LogP contribution in [0.25, 0.3) is 21.8 Å². The van der Waals surface area contributed by atoms with Crippen molar-refractivity contribution in [2.45, 2.75) is 32.1 Å². The zero-order valence-electron chi connectivity index (χ0n) is 17.4. The van der Waals surface area contributed by atoms with Crippen LogP contribution in [0.4, 0.5) is 0 Å². The van der Waals surface area contributed by atoms with Crippen molar-refractivity contribution in [2.24, 2.45) is 0 Å². The van der Waals surface area contributed by atoms with Crippen LogP contribution in [-0.2, 0) is 6.42 Å². The molecule has 5 rings (SSSR count). The molecule has 3 heterocycles. The molecule has 4 aromatic rings. The number of rotatable bonds is 4. The van der Waals surface area contributed by atoms with Gasteiger partial charge in [0.15, 0.2) is 0 Å². The Balaban J connectivity index is 1.26. The van der Waals surface area contributed by atoms with Gasteiger partial charge in [-0.3, -0.25) is 9.78 Å². The average molecular weight is 398 g/mol. The second-order valence-corrected chi connectivity index (χ2v) is 8.43. The number of hydrogen-bond acceptors (Lipinski definition) is 3. The number of benzene rings is 2. The predicted octanol–water partition coefficient (Wildman–Crippen LogP) is 4.81. The molecule has 0 aliphatic carbocycles. The van der Waals surface area contributed by atoms with Gasteiger partial charge in [0, 0.05) is 34.6 Å². The molecular formula is C26H27N3O. The zero-order chi connectivity index (χ0) is 20.5. The number of nitrogens with zero attached hydrogens (tertiary/aromatic N) is 2. The Morgan fingerprint density at radius 3 is 2.63 bits per heavy atom. The third-order valence-corrected chi connectivity index (χ3v) is 6.49. The Kier molecular flexibility index (Phi) is 5.09. The summed E-state index contributed by atoms with van der Waals surface area (Å²) in [5.41, 5.74) is 5.84. The standard InChI is InChI=1S/C26H27N3O/c1-18-8-9-23-21(5-3-7-25(23)27-18)20-13-16-29(17-14-20)15-12-19-4-2-6-24-22(19)10-11-26(30)28-24/h2-11,20H,12-17H2,1H3,(H,28,30). The van der Waals surface area contributed by atoms with Gasteiger partial charge in [-0.15, -0.1) is 0 Å². The van der Waals surface area contributed by atoms with Crippen LogP contribution in [0.1, 0.15) is 35.6 Å². The molecule has 2 aromatic heterocycles. The molecule has 152 valence electrons. The topological polar surface area (TPSA) is 49.0 Å². The maximum atomic E-state index is 11.6. The predicted molar refractivity (Wildman–Crippen MR) is 123 cm³/mol. The molecule has 1 aliphatic rings.